The third kappa shape index (κ3) is 1.61. The Labute approximate surface area is 79.1 Å². The molecule has 2 N–H and O–H groups in total. The summed E-state index contributed by atoms with van der Waals surface area (Å²) < 4.78 is 14.7. The highest BCUT2D eigenvalue weighted by molar-refractivity contribution is 5.67. The van der Waals surface area contributed by atoms with E-state index >= 15 is 0 Å². The molecule has 0 spiro atoms. The minimum atomic E-state index is -0.912. The minimum Gasteiger partial charge on any atom is -0.461 e. The SMILES string of the molecule is NC(=O)Oc1ccc(-c2ccco2)o1. The van der Waals surface area contributed by atoms with E-state index < -0.39 is 6.09 Å². The number of ether oxygens (including phenoxy) is 1. The van der Waals surface area contributed by atoms with E-state index in [0.717, 1.165) is 0 Å². The number of rotatable bonds is 2. The Morgan fingerprint density at radius 1 is 1.29 bits per heavy atom. The Balaban J connectivity index is 2.22. The van der Waals surface area contributed by atoms with Gasteiger partial charge >= 0.3 is 6.09 Å². The molecule has 0 aliphatic rings. The zero-order chi connectivity index (χ0) is 9.97. The number of carbonyl (C=O) groups is 1. The second-order valence-electron chi connectivity index (χ2n) is 2.52. The van der Waals surface area contributed by atoms with Gasteiger partial charge in [-0.05, 0) is 18.2 Å². The van der Waals surface area contributed by atoms with Gasteiger partial charge < -0.3 is 19.3 Å². The van der Waals surface area contributed by atoms with Gasteiger partial charge in [-0.25, -0.2) is 4.79 Å². The summed E-state index contributed by atoms with van der Waals surface area (Å²) in [4.78, 5) is 10.4. The van der Waals surface area contributed by atoms with Gasteiger partial charge in [-0.3, -0.25) is 0 Å². The van der Waals surface area contributed by atoms with Crippen LogP contribution in [0.3, 0.4) is 0 Å². The summed E-state index contributed by atoms with van der Waals surface area (Å²) >= 11 is 0. The van der Waals surface area contributed by atoms with Crippen LogP contribution in [0.2, 0.25) is 0 Å². The lowest BCUT2D eigenvalue weighted by Crippen LogP contribution is -2.15. The zero-order valence-electron chi connectivity index (χ0n) is 7.10. The molecule has 5 heteroatoms. The highest BCUT2D eigenvalue weighted by Crippen LogP contribution is 2.26. The maximum atomic E-state index is 10.4. The monoisotopic (exact) mass is 193 g/mol. The minimum absolute atomic E-state index is 0.0453. The summed E-state index contributed by atoms with van der Waals surface area (Å²) in [6.45, 7) is 0. The lowest BCUT2D eigenvalue weighted by atomic mass is 10.3. The number of amides is 1. The predicted octanol–water partition coefficient (Wildman–Crippen LogP) is 2.00. The highest BCUT2D eigenvalue weighted by Gasteiger charge is 2.08. The van der Waals surface area contributed by atoms with E-state index in [1.807, 2.05) is 0 Å². The van der Waals surface area contributed by atoms with E-state index in [1.54, 1.807) is 18.2 Å². The van der Waals surface area contributed by atoms with Crippen LogP contribution in [-0.2, 0) is 0 Å². The Morgan fingerprint density at radius 2 is 2.14 bits per heavy atom. The van der Waals surface area contributed by atoms with Crippen molar-refractivity contribution in [3.8, 4) is 17.5 Å². The summed E-state index contributed by atoms with van der Waals surface area (Å²) in [7, 11) is 0. The standard InChI is InChI=1S/C9H7NO4/c10-9(11)14-8-4-3-7(13-8)6-2-1-5-12-6/h1-5H,(H2,10,11). The molecule has 0 saturated carbocycles. The number of carbonyl (C=O) groups excluding carboxylic acids is 1. The fourth-order valence-electron chi connectivity index (χ4n) is 1.03. The average molecular weight is 193 g/mol. The first kappa shape index (κ1) is 8.43. The molecular formula is C9H7NO4. The molecule has 0 aromatic carbocycles. The van der Waals surface area contributed by atoms with Crippen molar-refractivity contribution in [3.63, 3.8) is 0 Å². The molecule has 2 rings (SSSR count). The second kappa shape index (κ2) is 3.29. The van der Waals surface area contributed by atoms with Gasteiger partial charge in [-0.15, -0.1) is 0 Å². The first-order valence-corrected chi connectivity index (χ1v) is 3.87. The fourth-order valence-corrected chi connectivity index (χ4v) is 1.03. The van der Waals surface area contributed by atoms with Gasteiger partial charge in [-0.1, -0.05) is 0 Å². The van der Waals surface area contributed by atoms with Crippen LogP contribution >= 0.6 is 0 Å². The van der Waals surface area contributed by atoms with Crippen molar-refractivity contribution in [1.82, 2.24) is 0 Å². The van der Waals surface area contributed by atoms with Crippen molar-refractivity contribution in [3.05, 3.63) is 30.5 Å². The van der Waals surface area contributed by atoms with Crippen LogP contribution in [0.4, 0.5) is 4.79 Å². The number of furan rings is 2. The Kier molecular flexibility index (Phi) is 1.98. The largest absolute Gasteiger partial charge is 0.461 e. The van der Waals surface area contributed by atoms with E-state index in [4.69, 9.17) is 14.6 Å². The normalized spacial score (nSPS) is 10.0. The van der Waals surface area contributed by atoms with Crippen molar-refractivity contribution >= 4 is 6.09 Å². The first-order valence-electron chi connectivity index (χ1n) is 3.87. The molecule has 0 atom stereocenters. The molecule has 1 amide bonds. The van der Waals surface area contributed by atoms with E-state index in [2.05, 4.69) is 4.74 Å². The molecule has 14 heavy (non-hydrogen) atoms. The van der Waals surface area contributed by atoms with Gasteiger partial charge in [0, 0.05) is 6.07 Å². The lowest BCUT2D eigenvalue weighted by molar-refractivity contribution is 0.198. The smallest absolute Gasteiger partial charge is 0.412 e. The molecular weight excluding hydrogens is 186 g/mol. The quantitative estimate of drug-likeness (QED) is 0.790. The number of hydrogen-bond donors (Lipinski definition) is 1. The molecule has 0 bridgehead atoms. The van der Waals surface area contributed by atoms with Crippen molar-refractivity contribution < 1.29 is 18.4 Å². The van der Waals surface area contributed by atoms with E-state index in [1.165, 1.54) is 12.3 Å². The molecule has 2 heterocycles. The molecule has 0 fully saturated rings. The summed E-state index contributed by atoms with van der Waals surface area (Å²) in [5.74, 6) is 1.08. The van der Waals surface area contributed by atoms with Crippen LogP contribution in [0.15, 0.2) is 39.4 Å². The van der Waals surface area contributed by atoms with Gasteiger partial charge in [0.2, 0.25) is 0 Å². The van der Waals surface area contributed by atoms with Gasteiger partial charge in [0.15, 0.2) is 11.5 Å². The van der Waals surface area contributed by atoms with E-state index in [0.29, 0.717) is 11.5 Å². The highest BCUT2D eigenvalue weighted by atomic mass is 16.6. The number of primary amides is 1. The fraction of sp³-hybridized carbons (Fsp3) is 0. The Bertz CT molecular complexity index is 429. The molecule has 2 aromatic heterocycles. The third-order valence-electron chi connectivity index (χ3n) is 1.55. The third-order valence-corrected chi connectivity index (χ3v) is 1.55. The van der Waals surface area contributed by atoms with Gasteiger partial charge in [-0.2, -0.15) is 0 Å². The summed E-state index contributed by atoms with van der Waals surface area (Å²) in [5, 5.41) is 0. The van der Waals surface area contributed by atoms with Crippen molar-refractivity contribution in [2.75, 3.05) is 0 Å². The van der Waals surface area contributed by atoms with Gasteiger partial charge in [0.1, 0.15) is 0 Å². The molecule has 0 aliphatic heterocycles. The molecule has 2 aromatic rings. The van der Waals surface area contributed by atoms with Gasteiger partial charge in [0.05, 0.1) is 6.26 Å². The maximum absolute atomic E-state index is 10.4. The maximum Gasteiger partial charge on any atom is 0.412 e. The van der Waals surface area contributed by atoms with Gasteiger partial charge in [0.25, 0.3) is 5.95 Å². The molecule has 72 valence electrons. The van der Waals surface area contributed by atoms with Crippen molar-refractivity contribution in [1.29, 1.82) is 0 Å². The average Bonchev–Trinajstić information content (AvgIpc) is 2.69. The van der Waals surface area contributed by atoms with E-state index in [9.17, 15) is 4.79 Å². The van der Waals surface area contributed by atoms with E-state index in [-0.39, 0.29) is 5.95 Å². The van der Waals surface area contributed by atoms with Crippen LogP contribution in [0.1, 0.15) is 0 Å². The van der Waals surface area contributed by atoms with Crippen molar-refractivity contribution in [2.24, 2.45) is 5.73 Å². The first-order chi connectivity index (χ1) is 6.75. The summed E-state index contributed by atoms with van der Waals surface area (Å²) in [6, 6.07) is 6.57. The molecule has 5 nitrogen and oxygen atoms in total. The molecule has 0 unspecified atom stereocenters. The summed E-state index contributed by atoms with van der Waals surface area (Å²) in [6.07, 6.45) is 0.609. The van der Waals surface area contributed by atoms with Crippen LogP contribution < -0.4 is 10.5 Å². The number of hydrogen-bond acceptors (Lipinski definition) is 4. The number of nitrogens with two attached hydrogens (primary N) is 1. The molecule has 0 aliphatic carbocycles. The lowest BCUT2D eigenvalue weighted by Gasteiger charge is -1.93. The summed E-state index contributed by atoms with van der Waals surface area (Å²) in [5.41, 5.74) is 4.81. The molecule has 0 saturated heterocycles. The zero-order valence-corrected chi connectivity index (χ0v) is 7.10. The second-order valence-corrected chi connectivity index (χ2v) is 2.52. The van der Waals surface area contributed by atoms with Crippen molar-refractivity contribution in [2.45, 2.75) is 0 Å². The van der Waals surface area contributed by atoms with Crippen LogP contribution in [0.25, 0.3) is 11.5 Å². The molecule has 0 radical (unpaired) electrons. The topological polar surface area (TPSA) is 78.6 Å². The van der Waals surface area contributed by atoms with Crippen LogP contribution in [0.5, 0.6) is 5.95 Å². The predicted molar refractivity (Wildman–Crippen MR) is 46.6 cm³/mol. The Morgan fingerprint density at radius 3 is 2.79 bits per heavy atom. The van der Waals surface area contributed by atoms with Crippen LogP contribution in [0, 0.1) is 0 Å². The van der Waals surface area contributed by atoms with Crippen LogP contribution in [-0.4, -0.2) is 6.09 Å². The Hall–Kier alpha value is -2.17.